The fourth-order valence-corrected chi connectivity index (χ4v) is 3.97. The zero-order chi connectivity index (χ0) is 23.6. The minimum absolute atomic E-state index is 0.0260. The van der Waals surface area contributed by atoms with Crippen molar-refractivity contribution in [2.45, 2.75) is 51.4 Å². The Morgan fingerprint density at radius 1 is 1.12 bits per heavy atom. The normalized spacial score (nSPS) is 14.8. The third kappa shape index (κ3) is 5.30. The number of halogens is 4. The van der Waals surface area contributed by atoms with Crippen molar-refractivity contribution in [3.8, 4) is 11.4 Å². The van der Waals surface area contributed by atoms with E-state index in [1.54, 1.807) is 6.92 Å². The van der Waals surface area contributed by atoms with Crippen LogP contribution in [0.3, 0.4) is 0 Å². The first-order valence-electron chi connectivity index (χ1n) is 10.7. The van der Waals surface area contributed by atoms with Gasteiger partial charge in [-0.3, -0.25) is 4.79 Å². The smallest absolute Gasteiger partial charge is 0.374 e. The molecule has 0 aliphatic carbocycles. The van der Waals surface area contributed by atoms with E-state index < -0.39 is 23.7 Å². The van der Waals surface area contributed by atoms with Gasteiger partial charge in [0.05, 0.1) is 16.3 Å². The predicted molar refractivity (Wildman–Crippen MR) is 121 cm³/mol. The SMILES string of the molecule is CC(Nc1cccc(-c2nnc3n2CCCCC3)c1)C(=O)Nc1cc(C(F)(F)F)ccc1Cl. The number of anilines is 2. The number of benzene rings is 2. The highest BCUT2D eigenvalue weighted by atomic mass is 35.5. The van der Waals surface area contributed by atoms with Gasteiger partial charge in [0.1, 0.15) is 11.9 Å². The molecule has 33 heavy (non-hydrogen) atoms. The number of hydrogen-bond acceptors (Lipinski definition) is 4. The molecule has 0 spiro atoms. The third-order valence-electron chi connectivity index (χ3n) is 5.56. The summed E-state index contributed by atoms with van der Waals surface area (Å²) in [5.74, 6) is 1.24. The number of fused-ring (bicyclic) bond motifs is 1. The zero-order valence-corrected chi connectivity index (χ0v) is 18.7. The molecule has 0 saturated carbocycles. The van der Waals surface area contributed by atoms with Gasteiger partial charge in [-0.05, 0) is 50.1 Å². The number of carbonyl (C=O) groups is 1. The number of amides is 1. The van der Waals surface area contributed by atoms with Crippen LogP contribution in [0.25, 0.3) is 11.4 Å². The summed E-state index contributed by atoms with van der Waals surface area (Å²) < 4.78 is 41.1. The fourth-order valence-electron chi connectivity index (χ4n) is 3.80. The molecule has 1 aliphatic rings. The Hall–Kier alpha value is -3.07. The predicted octanol–water partition coefficient (Wildman–Crippen LogP) is 5.78. The number of alkyl halides is 3. The molecule has 2 heterocycles. The first-order chi connectivity index (χ1) is 15.7. The van der Waals surface area contributed by atoms with E-state index in [0.717, 1.165) is 67.6 Å². The number of rotatable bonds is 5. The van der Waals surface area contributed by atoms with Crippen molar-refractivity contribution >= 4 is 28.9 Å². The van der Waals surface area contributed by atoms with Crippen LogP contribution in [0.1, 0.15) is 37.6 Å². The van der Waals surface area contributed by atoms with E-state index >= 15 is 0 Å². The quantitative estimate of drug-likeness (QED) is 0.488. The number of nitrogens with one attached hydrogen (secondary N) is 2. The van der Waals surface area contributed by atoms with E-state index in [2.05, 4.69) is 25.4 Å². The maximum atomic E-state index is 13.0. The fraction of sp³-hybridized carbons (Fsp3) is 0.348. The molecule has 2 N–H and O–H groups in total. The number of nitrogens with zero attached hydrogens (tertiary/aromatic N) is 3. The summed E-state index contributed by atoms with van der Waals surface area (Å²) in [5, 5.41) is 14.3. The molecule has 1 unspecified atom stereocenters. The van der Waals surface area contributed by atoms with E-state index in [4.69, 9.17) is 11.6 Å². The van der Waals surface area contributed by atoms with E-state index in [1.165, 1.54) is 0 Å². The second-order valence-electron chi connectivity index (χ2n) is 8.03. The second kappa shape index (κ2) is 9.43. The Labute approximate surface area is 194 Å². The highest BCUT2D eigenvalue weighted by molar-refractivity contribution is 6.33. The van der Waals surface area contributed by atoms with E-state index in [1.807, 2.05) is 24.3 Å². The number of hydrogen-bond donors (Lipinski definition) is 2. The third-order valence-corrected chi connectivity index (χ3v) is 5.89. The van der Waals surface area contributed by atoms with Gasteiger partial charge in [-0.2, -0.15) is 13.2 Å². The molecule has 174 valence electrons. The lowest BCUT2D eigenvalue weighted by Crippen LogP contribution is -2.32. The van der Waals surface area contributed by atoms with Gasteiger partial charge < -0.3 is 15.2 Å². The molecule has 3 aromatic rings. The Balaban J connectivity index is 1.48. The van der Waals surface area contributed by atoms with Gasteiger partial charge in [-0.1, -0.05) is 30.2 Å². The first kappa shape index (κ1) is 23.1. The molecule has 1 atom stereocenters. The van der Waals surface area contributed by atoms with Crippen molar-refractivity contribution < 1.29 is 18.0 Å². The molecule has 2 aromatic carbocycles. The van der Waals surface area contributed by atoms with Crippen LogP contribution in [0.2, 0.25) is 5.02 Å². The minimum atomic E-state index is -4.53. The van der Waals surface area contributed by atoms with E-state index in [9.17, 15) is 18.0 Å². The zero-order valence-electron chi connectivity index (χ0n) is 17.9. The van der Waals surface area contributed by atoms with Crippen molar-refractivity contribution in [2.24, 2.45) is 0 Å². The van der Waals surface area contributed by atoms with Crippen LogP contribution in [0, 0.1) is 0 Å². The van der Waals surface area contributed by atoms with Gasteiger partial charge in [0.15, 0.2) is 5.82 Å². The average Bonchev–Trinajstić information content (AvgIpc) is 3.03. The molecular weight excluding hydrogens is 455 g/mol. The van der Waals surface area contributed by atoms with Crippen LogP contribution in [0.15, 0.2) is 42.5 Å². The van der Waals surface area contributed by atoms with Crippen LogP contribution in [0.4, 0.5) is 24.5 Å². The molecular formula is C23H23ClF3N5O. The van der Waals surface area contributed by atoms with Gasteiger partial charge in [0.25, 0.3) is 0 Å². The number of aromatic nitrogens is 3. The molecule has 1 amide bonds. The maximum Gasteiger partial charge on any atom is 0.416 e. The monoisotopic (exact) mass is 477 g/mol. The Kier molecular flexibility index (Phi) is 6.60. The van der Waals surface area contributed by atoms with Crippen molar-refractivity contribution in [2.75, 3.05) is 10.6 Å². The van der Waals surface area contributed by atoms with Gasteiger partial charge in [0.2, 0.25) is 5.91 Å². The summed E-state index contributed by atoms with van der Waals surface area (Å²) in [6.45, 7) is 2.48. The molecule has 10 heteroatoms. The number of carbonyl (C=O) groups excluding carboxylic acids is 1. The lowest BCUT2D eigenvalue weighted by Gasteiger charge is -2.17. The summed E-state index contributed by atoms with van der Waals surface area (Å²) in [6, 6.07) is 9.55. The Morgan fingerprint density at radius 2 is 1.94 bits per heavy atom. The number of aryl methyl sites for hydroxylation is 1. The molecule has 1 aromatic heterocycles. The van der Waals surface area contributed by atoms with Crippen molar-refractivity contribution in [3.05, 3.63) is 58.9 Å². The summed E-state index contributed by atoms with van der Waals surface area (Å²) in [4.78, 5) is 12.6. The van der Waals surface area contributed by atoms with Crippen LogP contribution >= 0.6 is 11.6 Å². The summed E-state index contributed by atoms with van der Waals surface area (Å²) in [6.07, 6.45) is -0.297. The topological polar surface area (TPSA) is 71.8 Å². The largest absolute Gasteiger partial charge is 0.416 e. The van der Waals surface area contributed by atoms with Crippen LogP contribution in [-0.4, -0.2) is 26.7 Å². The molecule has 0 fully saturated rings. The summed E-state index contributed by atoms with van der Waals surface area (Å²) in [7, 11) is 0. The average molecular weight is 478 g/mol. The molecule has 0 bridgehead atoms. The molecule has 4 rings (SSSR count). The van der Waals surface area contributed by atoms with Crippen LogP contribution in [-0.2, 0) is 23.9 Å². The lowest BCUT2D eigenvalue weighted by molar-refractivity contribution is -0.137. The second-order valence-corrected chi connectivity index (χ2v) is 8.44. The Bertz CT molecular complexity index is 1160. The van der Waals surface area contributed by atoms with Gasteiger partial charge >= 0.3 is 6.18 Å². The van der Waals surface area contributed by atoms with Crippen molar-refractivity contribution in [3.63, 3.8) is 0 Å². The van der Waals surface area contributed by atoms with Crippen molar-refractivity contribution in [1.82, 2.24) is 14.8 Å². The van der Waals surface area contributed by atoms with Gasteiger partial charge in [0, 0.05) is 24.2 Å². The lowest BCUT2D eigenvalue weighted by atomic mass is 10.1. The van der Waals surface area contributed by atoms with E-state index in [-0.39, 0.29) is 10.7 Å². The Morgan fingerprint density at radius 3 is 2.73 bits per heavy atom. The standard InChI is InChI=1S/C23H23ClF3N5O/c1-14(22(33)29-19-13-16(23(25,26)27)9-10-18(19)24)28-17-7-5-6-15(12-17)21-31-30-20-8-3-2-4-11-32(20)21/h5-7,9-10,12-14,28H,2-4,8,11H2,1H3,(H,29,33). The van der Waals surface area contributed by atoms with Gasteiger partial charge in [-0.25, -0.2) is 0 Å². The molecule has 1 aliphatic heterocycles. The molecule has 6 nitrogen and oxygen atoms in total. The summed E-state index contributed by atoms with van der Waals surface area (Å²) in [5.41, 5.74) is 0.568. The van der Waals surface area contributed by atoms with Crippen LogP contribution in [0.5, 0.6) is 0 Å². The highest BCUT2D eigenvalue weighted by Gasteiger charge is 2.31. The molecule has 0 saturated heterocycles. The maximum absolute atomic E-state index is 13.0. The highest BCUT2D eigenvalue weighted by Crippen LogP contribution is 2.34. The van der Waals surface area contributed by atoms with Crippen LogP contribution < -0.4 is 10.6 Å². The van der Waals surface area contributed by atoms with E-state index in [0.29, 0.717) is 5.69 Å². The minimum Gasteiger partial charge on any atom is -0.374 e. The molecule has 0 radical (unpaired) electrons. The summed E-state index contributed by atoms with van der Waals surface area (Å²) >= 11 is 5.99. The van der Waals surface area contributed by atoms with Crippen molar-refractivity contribution in [1.29, 1.82) is 0 Å². The van der Waals surface area contributed by atoms with Gasteiger partial charge in [-0.15, -0.1) is 10.2 Å². The first-order valence-corrected chi connectivity index (χ1v) is 11.1.